The fraction of sp³-hybridized carbons (Fsp3) is 0.0870. The lowest BCUT2D eigenvalue weighted by Crippen LogP contribution is -2.13. The van der Waals surface area contributed by atoms with Crippen LogP contribution in [0, 0.1) is 24.0 Å². The van der Waals surface area contributed by atoms with Crippen molar-refractivity contribution in [1.82, 2.24) is 9.97 Å². The summed E-state index contributed by atoms with van der Waals surface area (Å²) in [5.41, 5.74) is 5.21. The highest BCUT2D eigenvalue weighted by atomic mass is 16.6. The number of carbonyl (C=O) groups excluding carboxylic acids is 1. The maximum atomic E-state index is 12.7. The Balaban J connectivity index is 1.66. The van der Waals surface area contributed by atoms with E-state index >= 15 is 0 Å². The summed E-state index contributed by atoms with van der Waals surface area (Å²) in [7, 11) is 0. The Bertz CT molecular complexity index is 1300. The van der Waals surface area contributed by atoms with E-state index in [0.29, 0.717) is 16.9 Å². The molecule has 0 spiro atoms. The minimum atomic E-state index is -0.490. The topological polar surface area (TPSA) is 98.0 Å². The van der Waals surface area contributed by atoms with Crippen LogP contribution >= 0.6 is 0 Å². The van der Waals surface area contributed by atoms with Crippen molar-refractivity contribution in [3.05, 3.63) is 93.7 Å². The molecule has 1 heterocycles. The van der Waals surface area contributed by atoms with Crippen LogP contribution in [0.1, 0.15) is 21.5 Å². The number of fused-ring (bicyclic) bond motifs is 1. The van der Waals surface area contributed by atoms with Gasteiger partial charge in [-0.3, -0.25) is 19.9 Å². The van der Waals surface area contributed by atoms with E-state index in [-0.39, 0.29) is 11.3 Å². The molecule has 0 aliphatic heterocycles. The van der Waals surface area contributed by atoms with Crippen LogP contribution in [0.15, 0.2) is 66.9 Å². The maximum absolute atomic E-state index is 12.7. The molecule has 1 N–H and O–H groups in total. The lowest BCUT2D eigenvalue weighted by atomic mass is 10.1. The fourth-order valence-corrected chi connectivity index (χ4v) is 3.15. The van der Waals surface area contributed by atoms with Crippen LogP contribution in [0.3, 0.4) is 0 Å². The molecule has 7 nitrogen and oxygen atoms in total. The highest BCUT2D eigenvalue weighted by Gasteiger charge is 2.16. The summed E-state index contributed by atoms with van der Waals surface area (Å²) in [4.78, 5) is 32.5. The van der Waals surface area contributed by atoms with E-state index in [1.165, 1.54) is 6.07 Å². The quantitative estimate of drug-likeness (QED) is 0.382. The second-order valence-corrected chi connectivity index (χ2v) is 6.99. The first-order valence-electron chi connectivity index (χ1n) is 9.31. The summed E-state index contributed by atoms with van der Waals surface area (Å²) in [5, 5.41) is 14.0. The van der Waals surface area contributed by atoms with Gasteiger partial charge in [0.1, 0.15) is 0 Å². The molecule has 0 saturated carbocycles. The van der Waals surface area contributed by atoms with Crippen molar-refractivity contribution in [2.75, 3.05) is 5.32 Å². The number of para-hydroxylation sites is 2. The van der Waals surface area contributed by atoms with Gasteiger partial charge < -0.3 is 5.32 Å². The minimum Gasteiger partial charge on any atom is -0.322 e. The van der Waals surface area contributed by atoms with E-state index in [9.17, 15) is 14.9 Å². The molecule has 0 unspecified atom stereocenters. The van der Waals surface area contributed by atoms with Crippen LogP contribution in [-0.4, -0.2) is 20.8 Å². The standard InChI is InChI=1S/C23H18N4O3/c1-14-7-9-16(21-13-24-18-5-3-4-6-19(18)25-21)11-20(14)26-23(28)17-10-8-15(2)22(12-17)27(29)30/h3-13H,1-2H3,(H,26,28). The number of nitro benzene ring substituents is 1. The Labute approximate surface area is 172 Å². The maximum Gasteiger partial charge on any atom is 0.273 e. The predicted octanol–water partition coefficient (Wildman–Crippen LogP) is 5.07. The second-order valence-electron chi connectivity index (χ2n) is 6.99. The first-order chi connectivity index (χ1) is 14.4. The van der Waals surface area contributed by atoms with E-state index < -0.39 is 10.8 Å². The minimum absolute atomic E-state index is 0.0837. The van der Waals surface area contributed by atoms with Crippen molar-refractivity contribution >= 4 is 28.3 Å². The number of hydrogen-bond donors (Lipinski definition) is 1. The number of aryl methyl sites for hydroxylation is 2. The van der Waals surface area contributed by atoms with Gasteiger partial charge in [-0.25, -0.2) is 4.98 Å². The number of amides is 1. The molecule has 0 saturated heterocycles. The van der Waals surface area contributed by atoms with Crippen LogP contribution in [-0.2, 0) is 0 Å². The summed E-state index contributed by atoms with van der Waals surface area (Å²) in [6.45, 7) is 3.51. The van der Waals surface area contributed by atoms with Crippen molar-refractivity contribution in [1.29, 1.82) is 0 Å². The zero-order chi connectivity index (χ0) is 21.3. The molecule has 0 aliphatic rings. The molecule has 0 aliphatic carbocycles. The lowest BCUT2D eigenvalue weighted by molar-refractivity contribution is -0.385. The van der Waals surface area contributed by atoms with E-state index in [1.54, 1.807) is 25.3 Å². The molecule has 0 radical (unpaired) electrons. The highest BCUT2D eigenvalue weighted by molar-refractivity contribution is 6.05. The van der Waals surface area contributed by atoms with Gasteiger partial charge in [0.2, 0.25) is 0 Å². The number of rotatable bonds is 4. The third kappa shape index (κ3) is 3.73. The average Bonchev–Trinajstić information content (AvgIpc) is 2.75. The largest absolute Gasteiger partial charge is 0.322 e. The summed E-state index contributed by atoms with van der Waals surface area (Å²) in [6, 6.07) is 17.7. The second kappa shape index (κ2) is 7.71. The first kappa shape index (κ1) is 19.2. The predicted molar refractivity (Wildman–Crippen MR) is 115 cm³/mol. The van der Waals surface area contributed by atoms with Crippen LogP contribution < -0.4 is 5.32 Å². The van der Waals surface area contributed by atoms with Gasteiger partial charge in [-0.1, -0.05) is 30.3 Å². The molecule has 0 atom stereocenters. The summed E-state index contributed by atoms with van der Waals surface area (Å²) in [6.07, 6.45) is 1.70. The number of carbonyl (C=O) groups is 1. The van der Waals surface area contributed by atoms with Crippen LogP contribution in [0.4, 0.5) is 11.4 Å². The van der Waals surface area contributed by atoms with Crippen molar-refractivity contribution in [2.45, 2.75) is 13.8 Å². The Kier molecular flexibility index (Phi) is 4.93. The van der Waals surface area contributed by atoms with Crippen molar-refractivity contribution in [2.24, 2.45) is 0 Å². The Hall–Kier alpha value is -4.13. The Morgan fingerprint density at radius 3 is 2.47 bits per heavy atom. The molecule has 7 heteroatoms. The Morgan fingerprint density at radius 1 is 0.967 bits per heavy atom. The van der Waals surface area contributed by atoms with E-state index in [1.807, 2.05) is 49.4 Å². The number of nitrogens with one attached hydrogen (secondary N) is 1. The van der Waals surface area contributed by atoms with Gasteiger partial charge in [0, 0.05) is 28.4 Å². The van der Waals surface area contributed by atoms with Gasteiger partial charge in [-0.05, 0) is 43.7 Å². The van der Waals surface area contributed by atoms with Crippen molar-refractivity contribution < 1.29 is 9.72 Å². The summed E-state index contributed by atoms with van der Waals surface area (Å²) >= 11 is 0. The van der Waals surface area contributed by atoms with Gasteiger partial charge in [-0.15, -0.1) is 0 Å². The van der Waals surface area contributed by atoms with Crippen LogP contribution in [0.2, 0.25) is 0 Å². The monoisotopic (exact) mass is 398 g/mol. The molecule has 148 valence electrons. The van der Waals surface area contributed by atoms with Crippen molar-refractivity contribution in [3.63, 3.8) is 0 Å². The Morgan fingerprint density at radius 2 is 1.70 bits per heavy atom. The summed E-state index contributed by atoms with van der Waals surface area (Å²) in [5.74, 6) is -0.414. The van der Waals surface area contributed by atoms with Gasteiger partial charge in [-0.2, -0.15) is 0 Å². The smallest absolute Gasteiger partial charge is 0.273 e. The van der Waals surface area contributed by atoms with Gasteiger partial charge in [0.25, 0.3) is 11.6 Å². The molecule has 4 rings (SSSR count). The van der Waals surface area contributed by atoms with E-state index in [0.717, 1.165) is 22.2 Å². The number of anilines is 1. The number of benzene rings is 3. The SMILES string of the molecule is Cc1ccc(-c2cnc3ccccc3n2)cc1NC(=O)c1ccc(C)c([N+](=O)[O-])c1. The van der Waals surface area contributed by atoms with Crippen LogP contribution in [0.25, 0.3) is 22.3 Å². The van der Waals surface area contributed by atoms with Gasteiger partial charge in [0.15, 0.2) is 0 Å². The molecule has 1 amide bonds. The molecule has 4 aromatic rings. The lowest BCUT2D eigenvalue weighted by Gasteiger charge is -2.11. The number of aromatic nitrogens is 2. The molecule has 1 aromatic heterocycles. The number of hydrogen-bond acceptors (Lipinski definition) is 5. The zero-order valence-electron chi connectivity index (χ0n) is 16.4. The molecular formula is C23H18N4O3. The van der Waals surface area contributed by atoms with Gasteiger partial charge in [0.05, 0.1) is 27.8 Å². The molecular weight excluding hydrogens is 380 g/mol. The fourth-order valence-electron chi connectivity index (χ4n) is 3.15. The molecule has 0 bridgehead atoms. The van der Waals surface area contributed by atoms with Gasteiger partial charge >= 0.3 is 0 Å². The molecule has 0 fully saturated rings. The van der Waals surface area contributed by atoms with Crippen molar-refractivity contribution in [3.8, 4) is 11.3 Å². The molecule has 3 aromatic carbocycles. The number of nitro groups is 1. The highest BCUT2D eigenvalue weighted by Crippen LogP contribution is 2.26. The van der Waals surface area contributed by atoms with E-state index in [2.05, 4.69) is 15.3 Å². The van der Waals surface area contributed by atoms with Crippen LogP contribution in [0.5, 0.6) is 0 Å². The first-order valence-corrected chi connectivity index (χ1v) is 9.31. The number of nitrogens with zero attached hydrogens (tertiary/aromatic N) is 3. The average molecular weight is 398 g/mol. The molecule has 30 heavy (non-hydrogen) atoms. The summed E-state index contributed by atoms with van der Waals surface area (Å²) < 4.78 is 0. The normalized spacial score (nSPS) is 10.7. The van der Waals surface area contributed by atoms with E-state index in [4.69, 9.17) is 0 Å². The zero-order valence-corrected chi connectivity index (χ0v) is 16.4. The third-order valence-corrected chi connectivity index (χ3v) is 4.90. The third-order valence-electron chi connectivity index (χ3n) is 4.90.